The van der Waals surface area contributed by atoms with Gasteiger partial charge in [0.1, 0.15) is 0 Å². The molecule has 28 heavy (non-hydrogen) atoms. The molecule has 0 aliphatic carbocycles. The van der Waals surface area contributed by atoms with Gasteiger partial charge in [0.15, 0.2) is 5.17 Å². The molecule has 0 saturated heterocycles. The number of nitrogens with zero attached hydrogens (tertiary/aromatic N) is 3. The summed E-state index contributed by atoms with van der Waals surface area (Å²) in [4.78, 5) is 25.3. The molecule has 1 amide bonds. The van der Waals surface area contributed by atoms with E-state index < -0.39 is 11.4 Å². The highest BCUT2D eigenvalue weighted by atomic mass is 35.5. The number of anilines is 1. The highest BCUT2D eigenvalue weighted by molar-refractivity contribution is 8.13. The lowest BCUT2D eigenvalue weighted by Crippen LogP contribution is -2.28. The predicted octanol–water partition coefficient (Wildman–Crippen LogP) is 2.83. The summed E-state index contributed by atoms with van der Waals surface area (Å²) in [7, 11) is 2.92. The van der Waals surface area contributed by atoms with Gasteiger partial charge in [0.05, 0.1) is 25.8 Å². The monoisotopic (exact) mass is 423 g/mol. The number of methoxy groups -OCH3 is 2. The summed E-state index contributed by atoms with van der Waals surface area (Å²) in [6.07, 6.45) is 0.867. The molecule has 1 aromatic heterocycles. The van der Waals surface area contributed by atoms with Gasteiger partial charge < -0.3 is 20.5 Å². The van der Waals surface area contributed by atoms with Crippen LogP contribution in [-0.4, -0.2) is 41.0 Å². The van der Waals surface area contributed by atoms with Crippen LogP contribution in [0.3, 0.4) is 0 Å². The second kappa shape index (κ2) is 9.11. The zero-order valence-electron chi connectivity index (χ0n) is 15.8. The number of amides is 1. The van der Waals surface area contributed by atoms with Crippen molar-refractivity contribution in [3.05, 3.63) is 41.7 Å². The maximum absolute atomic E-state index is 12.6. The number of nitrogens with two attached hydrogens (primary N) is 1. The van der Waals surface area contributed by atoms with E-state index in [1.165, 1.54) is 20.3 Å². The molecule has 2 aromatic rings. The topological polar surface area (TPSA) is 112 Å². The Morgan fingerprint density at radius 2 is 1.89 bits per heavy atom. The van der Waals surface area contributed by atoms with Gasteiger partial charge in [-0.05, 0) is 31.0 Å². The van der Waals surface area contributed by atoms with E-state index in [9.17, 15) is 4.79 Å². The number of nitrogens with one attached hydrogen (secondary N) is 1. The van der Waals surface area contributed by atoms with Gasteiger partial charge in [-0.3, -0.25) is 9.79 Å². The van der Waals surface area contributed by atoms with Gasteiger partial charge in [0.2, 0.25) is 17.6 Å². The van der Waals surface area contributed by atoms with Crippen molar-refractivity contribution < 1.29 is 14.3 Å². The molecule has 1 aliphatic heterocycles. The summed E-state index contributed by atoms with van der Waals surface area (Å²) in [6.45, 7) is 2.04. The normalized spacial score (nSPS) is 18.5. The van der Waals surface area contributed by atoms with E-state index in [1.54, 1.807) is 17.8 Å². The fraction of sp³-hybridized carbons (Fsp3) is 0.333. The fourth-order valence-electron chi connectivity index (χ4n) is 2.73. The Balaban J connectivity index is 0.00000280. The van der Waals surface area contributed by atoms with E-state index in [2.05, 4.69) is 20.3 Å². The van der Waals surface area contributed by atoms with Crippen molar-refractivity contribution in [3.63, 3.8) is 0 Å². The van der Waals surface area contributed by atoms with Crippen LogP contribution in [0.4, 0.5) is 5.69 Å². The van der Waals surface area contributed by atoms with Crippen LogP contribution in [0.2, 0.25) is 0 Å². The molecule has 0 fully saturated rings. The first-order chi connectivity index (χ1) is 12.9. The summed E-state index contributed by atoms with van der Waals surface area (Å²) >= 11 is 1.55. The van der Waals surface area contributed by atoms with E-state index >= 15 is 0 Å². The number of carbonyl (C=O) groups is 1. The number of hydrogen-bond acceptors (Lipinski definition) is 8. The minimum absolute atomic E-state index is 0. The Kier molecular flexibility index (Phi) is 7.09. The lowest BCUT2D eigenvalue weighted by Gasteiger charge is -2.30. The molecule has 3 rings (SSSR count). The molecule has 8 nitrogen and oxygen atoms in total. The molecule has 10 heteroatoms. The van der Waals surface area contributed by atoms with Crippen molar-refractivity contribution in [2.45, 2.75) is 18.9 Å². The van der Waals surface area contributed by atoms with Crippen LogP contribution < -0.4 is 20.5 Å². The quantitative estimate of drug-likeness (QED) is 0.760. The van der Waals surface area contributed by atoms with Crippen LogP contribution in [0.5, 0.6) is 11.8 Å². The SMILES string of the molecule is COc1cc(OC)nc(C(=O)Nc2cccc([C@]3(C)CCSC(N)=N3)c2)n1.Cl. The number of aromatic nitrogens is 2. The molecule has 2 heterocycles. The maximum Gasteiger partial charge on any atom is 0.293 e. The molecule has 0 unspecified atom stereocenters. The van der Waals surface area contributed by atoms with Crippen molar-refractivity contribution in [1.82, 2.24) is 9.97 Å². The van der Waals surface area contributed by atoms with Crippen LogP contribution in [0.25, 0.3) is 0 Å². The minimum Gasteiger partial charge on any atom is -0.481 e. The van der Waals surface area contributed by atoms with E-state index in [0.29, 0.717) is 10.9 Å². The Hall–Kier alpha value is -2.52. The summed E-state index contributed by atoms with van der Waals surface area (Å²) < 4.78 is 10.2. The summed E-state index contributed by atoms with van der Waals surface area (Å²) in [5, 5.41) is 3.39. The Bertz CT molecular complexity index is 873. The van der Waals surface area contributed by atoms with E-state index in [1.807, 2.05) is 25.1 Å². The zero-order chi connectivity index (χ0) is 19.4. The third kappa shape index (κ3) is 4.85. The lowest BCUT2D eigenvalue weighted by molar-refractivity contribution is 0.101. The molecule has 1 atom stereocenters. The van der Waals surface area contributed by atoms with Gasteiger partial charge >= 0.3 is 0 Å². The predicted molar refractivity (Wildman–Crippen MR) is 113 cm³/mol. The second-order valence-electron chi connectivity index (χ2n) is 6.13. The van der Waals surface area contributed by atoms with Crippen molar-refractivity contribution in [3.8, 4) is 11.8 Å². The largest absolute Gasteiger partial charge is 0.481 e. The number of hydrogen-bond donors (Lipinski definition) is 2. The second-order valence-corrected chi connectivity index (χ2v) is 7.25. The number of ether oxygens (including phenoxy) is 2. The third-order valence-electron chi connectivity index (χ3n) is 4.24. The van der Waals surface area contributed by atoms with Crippen molar-refractivity contribution >= 4 is 40.9 Å². The minimum atomic E-state index is -0.461. The van der Waals surface area contributed by atoms with Gasteiger partial charge in [-0.2, -0.15) is 9.97 Å². The van der Waals surface area contributed by atoms with E-state index in [4.69, 9.17) is 15.2 Å². The fourth-order valence-corrected chi connectivity index (χ4v) is 3.70. The molecule has 3 N–H and O–H groups in total. The standard InChI is InChI=1S/C18H21N5O3S.ClH/c1-18(7-8-27-17(19)23-18)11-5-4-6-12(9-11)20-16(24)15-21-13(25-2)10-14(22-15)26-3;/h4-6,9-10H,7-8H2,1-3H3,(H2,19,23)(H,20,24);1H/t18-;/m0./s1. The molecular weight excluding hydrogens is 402 g/mol. The molecular formula is C18H22ClN5O3S. The summed E-state index contributed by atoms with van der Waals surface area (Å²) in [5.74, 6) is 0.895. The van der Waals surface area contributed by atoms with Crippen molar-refractivity contribution in [2.24, 2.45) is 10.7 Å². The van der Waals surface area contributed by atoms with Gasteiger partial charge in [0, 0.05) is 11.4 Å². The van der Waals surface area contributed by atoms with Crippen LogP contribution >= 0.6 is 24.2 Å². The Morgan fingerprint density at radius 3 is 2.50 bits per heavy atom. The Morgan fingerprint density at radius 1 is 1.21 bits per heavy atom. The number of rotatable bonds is 5. The van der Waals surface area contributed by atoms with E-state index in [0.717, 1.165) is 17.7 Å². The Labute approximate surface area is 173 Å². The van der Waals surface area contributed by atoms with Crippen molar-refractivity contribution in [1.29, 1.82) is 0 Å². The van der Waals surface area contributed by atoms with Gasteiger partial charge in [-0.15, -0.1) is 12.4 Å². The van der Waals surface area contributed by atoms with Crippen LogP contribution in [0.15, 0.2) is 35.3 Å². The smallest absolute Gasteiger partial charge is 0.293 e. The molecule has 0 bridgehead atoms. The zero-order valence-corrected chi connectivity index (χ0v) is 17.4. The number of thioether (sulfide) groups is 1. The van der Waals surface area contributed by atoms with Gasteiger partial charge in [0.25, 0.3) is 5.91 Å². The first kappa shape index (κ1) is 21.8. The average molecular weight is 424 g/mol. The number of aliphatic imine (C=N–C) groups is 1. The number of benzene rings is 1. The molecule has 0 spiro atoms. The molecule has 1 aliphatic rings. The first-order valence-electron chi connectivity index (χ1n) is 8.30. The van der Waals surface area contributed by atoms with E-state index in [-0.39, 0.29) is 30.0 Å². The average Bonchev–Trinajstić information content (AvgIpc) is 2.67. The number of carbonyl (C=O) groups excluding carboxylic acids is 1. The van der Waals surface area contributed by atoms with Gasteiger partial charge in [-0.25, -0.2) is 0 Å². The van der Waals surface area contributed by atoms with Crippen LogP contribution in [0, 0.1) is 0 Å². The lowest BCUT2D eigenvalue weighted by atomic mass is 9.89. The number of amidine groups is 1. The molecule has 1 aromatic carbocycles. The number of halogens is 1. The van der Waals surface area contributed by atoms with Crippen LogP contribution in [0.1, 0.15) is 29.5 Å². The highest BCUT2D eigenvalue weighted by Crippen LogP contribution is 2.35. The molecule has 0 saturated carbocycles. The third-order valence-corrected chi connectivity index (χ3v) is 5.03. The van der Waals surface area contributed by atoms with Crippen LogP contribution in [-0.2, 0) is 5.54 Å². The summed E-state index contributed by atoms with van der Waals surface area (Å²) in [5.41, 5.74) is 7.09. The van der Waals surface area contributed by atoms with Gasteiger partial charge in [-0.1, -0.05) is 23.9 Å². The molecule has 150 valence electrons. The highest BCUT2D eigenvalue weighted by Gasteiger charge is 2.29. The molecule has 0 radical (unpaired) electrons. The summed E-state index contributed by atoms with van der Waals surface area (Å²) in [6, 6.07) is 9.04. The maximum atomic E-state index is 12.6. The van der Waals surface area contributed by atoms with Crippen molar-refractivity contribution in [2.75, 3.05) is 25.3 Å². The first-order valence-corrected chi connectivity index (χ1v) is 9.29.